The van der Waals surface area contributed by atoms with Gasteiger partial charge in [0.05, 0.1) is 5.60 Å². The van der Waals surface area contributed by atoms with Crippen LogP contribution in [0.4, 0.5) is 4.39 Å². The maximum Gasteiger partial charge on any atom is 0.164 e. The van der Waals surface area contributed by atoms with E-state index >= 15 is 0 Å². The van der Waals surface area contributed by atoms with Gasteiger partial charge in [0.1, 0.15) is 5.82 Å². The lowest BCUT2D eigenvalue weighted by Gasteiger charge is -2.28. The number of Topliss-reactive ketones (excluding diaryl/α,β-unsaturated/α-hetero) is 1. The molecule has 0 bridgehead atoms. The molecule has 21 heavy (non-hydrogen) atoms. The van der Waals surface area contributed by atoms with E-state index in [9.17, 15) is 14.3 Å². The van der Waals surface area contributed by atoms with Crippen LogP contribution in [-0.2, 0) is 0 Å². The second-order valence-corrected chi connectivity index (χ2v) is 6.31. The van der Waals surface area contributed by atoms with Gasteiger partial charge >= 0.3 is 0 Å². The zero-order valence-corrected chi connectivity index (χ0v) is 12.9. The Labute approximate surface area is 125 Å². The minimum absolute atomic E-state index is 0.0563. The Bertz CT molecular complexity index is 510. The summed E-state index contributed by atoms with van der Waals surface area (Å²) in [5.41, 5.74) is 0.381. The minimum Gasteiger partial charge on any atom is -0.389 e. The second kappa shape index (κ2) is 6.67. The van der Waals surface area contributed by atoms with Crippen molar-refractivity contribution in [1.82, 2.24) is 4.90 Å². The first-order valence-electron chi connectivity index (χ1n) is 7.60. The van der Waals surface area contributed by atoms with E-state index in [0.29, 0.717) is 30.6 Å². The predicted molar refractivity (Wildman–Crippen MR) is 81.0 cm³/mol. The van der Waals surface area contributed by atoms with Crippen LogP contribution in [0.3, 0.4) is 0 Å². The van der Waals surface area contributed by atoms with Gasteiger partial charge in [-0.3, -0.25) is 4.79 Å². The van der Waals surface area contributed by atoms with Gasteiger partial charge in [-0.1, -0.05) is 25.0 Å². The third-order valence-electron chi connectivity index (χ3n) is 4.31. The first-order chi connectivity index (χ1) is 9.89. The summed E-state index contributed by atoms with van der Waals surface area (Å²) in [7, 11) is 1.92. The lowest BCUT2D eigenvalue weighted by Crippen LogP contribution is -2.39. The molecule has 1 N–H and O–H groups in total. The Morgan fingerprint density at radius 1 is 1.38 bits per heavy atom. The molecular formula is C17H24FNO2. The van der Waals surface area contributed by atoms with E-state index in [-0.39, 0.29) is 11.6 Å². The standard InChI is InChI=1S/C17H24FNO2/c1-13-5-6-14(11-15(13)18)16(20)7-10-19(2)12-17(21)8-3-4-9-17/h5-6,11,21H,3-4,7-10,12H2,1-2H3. The number of aliphatic hydroxyl groups is 1. The number of rotatable bonds is 6. The normalized spacial score (nSPS) is 17.4. The first-order valence-corrected chi connectivity index (χ1v) is 7.60. The van der Waals surface area contributed by atoms with Crippen LogP contribution in [0, 0.1) is 12.7 Å². The van der Waals surface area contributed by atoms with Crippen LogP contribution in [0.2, 0.25) is 0 Å². The van der Waals surface area contributed by atoms with Crippen LogP contribution >= 0.6 is 0 Å². The highest BCUT2D eigenvalue weighted by atomic mass is 19.1. The highest BCUT2D eigenvalue weighted by molar-refractivity contribution is 5.96. The molecule has 2 rings (SSSR count). The Morgan fingerprint density at radius 2 is 2.05 bits per heavy atom. The summed E-state index contributed by atoms with van der Waals surface area (Å²) in [5.74, 6) is -0.395. The molecule has 0 aromatic heterocycles. The number of halogens is 1. The molecule has 0 radical (unpaired) electrons. The molecule has 0 atom stereocenters. The van der Waals surface area contributed by atoms with Crippen LogP contribution in [0.5, 0.6) is 0 Å². The summed E-state index contributed by atoms with van der Waals surface area (Å²) in [5, 5.41) is 10.3. The Balaban J connectivity index is 1.84. The maximum atomic E-state index is 13.5. The van der Waals surface area contributed by atoms with Crippen LogP contribution in [-0.4, -0.2) is 41.5 Å². The van der Waals surface area contributed by atoms with E-state index in [0.717, 1.165) is 25.7 Å². The number of hydrogen-bond donors (Lipinski definition) is 1. The average molecular weight is 293 g/mol. The van der Waals surface area contributed by atoms with Crippen LogP contribution in [0.15, 0.2) is 18.2 Å². The molecule has 1 aromatic carbocycles. The molecule has 1 aliphatic carbocycles. The number of aryl methyl sites for hydroxylation is 1. The third-order valence-corrected chi connectivity index (χ3v) is 4.31. The number of nitrogens with zero attached hydrogens (tertiary/aromatic N) is 1. The molecule has 116 valence electrons. The second-order valence-electron chi connectivity index (χ2n) is 6.31. The Kier molecular flexibility index (Phi) is 5.12. The summed E-state index contributed by atoms with van der Waals surface area (Å²) in [6, 6.07) is 4.61. The highest BCUT2D eigenvalue weighted by Gasteiger charge is 2.32. The van der Waals surface area contributed by atoms with Crippen molar-refractivity contribution in [3.05, 3.63) is 35.1 Å². The van der Waals surface area contributed by atoms with Gasteiger partial charge in [0.15, 0.2) is 5.78 Å². The molecule has 1 saturated carbocycles. The van der Waals surface area contributed by atoms with Crippen molar-refractivity contribution in [3.63, 3.8) is 0 Å². The van der Waals surface area contributed by atoms with Crippen molar-refractivity contribution in [1.29, 1.82) is 0 Å². The smallest absolute Gasteiger partial charge is 0.164 e. The van der Waals surface area contributed by atoms with Crippen molar-refractivity contribution in [2.24, 2.45) is 0 Å². The van der Waals surface area contributed by atoms with E-state index in [1.807, 2.05) is 11.9 Å². The van der Waals surface area contributed by atoms with E-state index in [2.05, 4.69) is 0 Å². The van der Waals surface area contributed by atoms with Crippen molar-refractivity contribution in [2.45, 2.75) is 44.6 Å². The number of carbonyl (C=O) groups excluding carboxylic acids is 1. The van der Waals surface area contributed by atoms with Gasteiger partial charge in [-0.25, -0.2) is 4.39 Å². The van der Waals surface area contributed by atoms with Crippen LogP contribution in [0.25, 0.3) is 0 Å². The number of ketones is 1. The van der Waals surface area contributed by atoms with Gasteiger partial charge < -0.3 is 10.0 Å². The summed E-state index contributed by atoms with van der Waals surface area (Å²) >= 11 is 0. The fourth-order valence-electron chi connectivity index (χ4n) is 2.98. The molecular weight excluding hydrogens is 269 g/mol. The average Bonchev–Trinajstić information content (AvgIpc) is 2.85. The summed E-state index contributed by atoms with van der Waals surface area (Å²) < 4.78 is 13.5. The van der Waals surface area contributed by atoms with Crippen LogP contribution < -0.4 is 0 Å². The zero-order chi connectivity index (χ0) is 15.5. The van der Waals surface area contributed by atoms with E-state index < -0.39 is 5.60 Å². The fraction of sp³-hybridized carbons (Fsp3) is 0.588. The molecule has 0 unspecified atom stereocenters. The van der Waals surface area contributed by atoms with Gasteiger partial charge in [-0.05, 0) is 38.4 Å². The SMILES string of the molecule is Cc1ccc(C(=O)CCN(C)CC2(O)CCCC2)cc1F. The predicted octanol–water partition coefficient (Wildman–Crippen LogP) is 2.94. The zero-order valence-electron chi connectivity index (χ0n) is 12.9. The van der Waals surface area contributed by atoms with E-state index in [4.69, 9.17) is 0 Å². The Morgan fingerprint density at radius 3 is 2.67 bits per heavy atom. The lowest BCUT2D eigenvalue weighted by atomic mass is 10.0. The number of hydrogen-bond acceptors (Lipinski definition) is 3. The van der Waals surface area contributed by atoms with Gasteiger partial charge in [-0.15, -0.1) is 0 Å². The summed E-state index contributed by atoms with van der Waals surface area (Å²) in [6.45, 7) is 2.86. The molecule has 0 saturated heterocycles. The first kappa shape index (κ1) is 16.1. The van der Waals surface area contributed by atoms with Gasteiger partial charge in [0, 0.05) is 25.1 Å². The molecule has 1 fully saturated rings. The molecule has 0 heterocycles. The molecule has 0 spiro atoms. The number of benzene rings is 1. The van der Waals surface area contributed by atoms with Crippen molar-refractivity contribution in [2.75, 3.05) is 20.1 Å². The molecule has 3 nitrogen and oxygen atoms in total. The quantitative estimate of drug-likeness (QED) is 0.820. The number of likely N-dealkylation sites (N-methyl/N-ethyl adjacent to an activating group) is 1. The maximum absolute atomic E-state index is 13.5. The highest BCUT2D eigenvalue weighted by Crippen LogP contribution is 2.29. The van der Waals surface area contributed by atoms with Gasteiger partial charge in [0.25, 0.3) is 0 Å². The monoisotopic (exact) mass is 293 g/mol. The largest absolute Gasteiger partial charge is 0.389 e. The molecule has 4 heteroatoms. The fourth-order valence-corrected chi connectivity index (χ4v) is 2.98. The van der Waals surface area contributed by atoms with E-state index in [1.54, 1.807) is 19.1 Å². The number of carbonyl (C=O) groups is 1. The molecule has 0 aliphatic heterocycles. The van der Waals surface area contributed by atoms with Crippen molar-refractivity contribution >= 4 is 5.78 Å². The molecule has 1 aliphatic rings. The topological polar surface area (TPSA) is 40.5 Å². The van der Waals surface area contributed by atoms with E-state index in [1.165, 1.54) is 6.07 Å². The molecule has 0 amide bonds. The summed E-state index contributed by atoms with van der Waals surface area (Å²) in [6.07, 6.45) is 4.18. The minimum atomic E-state index is -0.590. The Hall–Kier alpha value is -1.26. The third kappa shape index (κ3) is 4.35. The van der Waals surface area contributed by atoms with Crippen molar-refractivity contribution < 1.29 is 14.3 Å². The van der Waals surface area contributed by atoms with Gasteiger partial charge in [-0.2, -0.15) is 0 Å². The molecule has 1 aromatic rings. The summed E-state index contributed by atoms with van der Waals surface area (Å²) in [4.78, 5) is 14.1. The van der Waals surface area contributed by atoms with Gasteiger partial charge in [0.2, 0.25) is 0 Å². The van der Waals surface area contributed by atoms with Crippen LogP contribution in [0.1, 0.15) is 48.0 Å². The van der Waals surface area contributed by atoms with Crippen molar-refractivity contribution in [3.8, 4) is 0 Å². The lowest BCUT2D eigenvalue weighted by molar-refractivity contribution is 0.0162.